The van der Waals surface area contributed by atoms with Crippen molar-refractivity contribution in [2.75, 3.05) is 19.6 Å². The van der Waals surface area contributed by atoms with E-state index in [0.29, 0.717) is 25.0 Å². The number of hydrogen-bond donors (Lipinski definition) is 2. The first-order chi connectivity index (χ1) is 9.75. The summed E-state index contributed by atoms with van der Waals surface area (Å²) < 4.78 is 0. The van der Waals surface area contributed by atoms with E-state index in [2.05, 4.69) is 15.2 Å². The SMILES string of the molecule is NC(=NCCC(=O)NC1CCCC1)N1CCCCCC1. The van der Waals surface area contributed by atoms with Gasteiger partial charge < -0.3 is 16.0 Å². The first kappa shape index (κ1) is 15.1. The highest BCUT2D eigenvalue weighted by atomic mass is 16.1. The van der Waals surface area contributed by atoms with Crippen LogP contribution in [0, 0.1) is 0 Å². The van der Waals surface area contributed by atoms with Gasteiger partial charge in [-0.15, -0.1) is 0 Å². The van der Waals surface area contributed by atoms with E-state index < -0.39 is 0 Å². The number of amides is 1. The first-order valence-corrected chi connectivity index (χ1v) is 8.10. The van der Waals surface area contributed by atoms with E-state index >= 15 is 0 Å². The number of nitrogens with zero attached hydrogens (tertiary/aromatic N) is 2. The first-order valence-electron chi connectivity index (χ1n) is 8.10. The minimum atomic E-state index is 0.115. The summed E-state index contributed by atoms with van der Waals surface area (Å²) in [5.41, 5.74) is 6.01. The molecule has 0 radical (unpaired) electrons. The Morgan fingerprint density at radius 2 is 1.75 bits per heavy atom. The zero-order chi connectivity index (χ0) is 14.2. The third kappa shape index (κ3) is 5.02. The van der Waals surface area contributed by atoms with E-state index in [-0.39, 0.29) is 5.91 Å². The molecule has 0 unspecified atom stereocenters. The molecule has 1 aliphatic carbocycles. The van der Waals surface area contributed by atoms with Crippen molar-refractivity contribution >= 4 is 11.9 Å². The fourth-order valence-corrected chi connectivity index (χ4v) is 3.04. The largest absolute Gasteiger partial charge is 0.370 e. The topological polar surface area (TPSA) is 70.7 Å². The number of nitrogens with one attached hydrogen (secondary N) is 1. The quantitative estimate of drug-likeness (QED) is 0.607. The molecule has 1 heterocycles. The van der Waals surface area contributed by atoms with Gasteiger partial charge in [0.05, 0.1) is 6.54 Å². The predicted octanol–water partition coefficient (Wildman–Crippen LogP) is 1.63. The molecule has 0 aromatic rings. The number of hydrogen-bond acceptors (Lipinski definition) is 2. The lowest BCUT2D eigenvalue weighted by molar-refractivity contribution is -0.121. The number of nitrogens with two attached hydrogens (primary N) is 1. The van der Waals surface area contributed by atoms with E-state index in [1.54, 1.807) is 0 Å². The van der Waals surface area contributed by atoms with Crippen LogP contribution in [-0.4, -0.2) is 42.4 Å². The van der Waals surface area contributed by atoms with Gasteiger partial charge in [-0.1, -0.05) is 25.7 Å². The van der Waals surface area contributed by atoms with Crippen LogP contribution < -0.4 is 11.1 Å². The molecular formula is C15H28N4O. The second-order valence-electron chi connectivity index (χ2n) is 5.94. The third-order valence-corrected chi connectivity index (χ3v) is 4.26. The van der Waals surface area contributed by atoms with Gasteiger partial charge in [-0.3, -0.25) is 9.79 Å². The average molecular weight is 280 g/mol. The molecule has 2 aliphatic rings. The highest BCUT2D eigenvalue weighted by molar-refractivity contribution is 5.79. The highest BCUT2D eigenvalue weighted by Gasteiger charge is 2.16. The zero-order valence-electron chi connectivity index (χ0n) is 12.4. The van der Waals surface area contributed by atoms with Crippen LogP contribution in [0.3, 0.4) is 0 Å². The van der Waals surface area contributed by atoms with Gasteiger partial charge in [0, 0.05) is 25.6 Å². The van der Waals surface area contributed by atoms with Crippen molar-refractivity contribution in [3.8, 4) is 0 Å². The summed E-state index contributed by atoms with van der Waals surface area (Å²) in [5.74, 6) is 0.727. The fourth-order valence-electron chi connectivity index (χ4n) is 3.04. The molecule has 2 fully saturated rings. The van der Waals surface area contributed by atoms with Gasteiger partial charge in [-0.2, -0.15) is 0 Å². The maximum Gasteiger partial charge on any atom is 0.222 e. The molecule has 0 bridgehead atoms. The molecule has 1 aliphatic heterocycles. The Labute approximate surface area is 122 Å². The average Bonchev–Trinajstić information content (AvgIpc) is 2.78. The van der Waals surface area contributed by atoms with Gasteiger partial charge in [-0.25, -0.2) is 0 Å². The minimum Gasteiger partial charge on any atom is -0.370 e. The Kier molecular flexibility index (Phi) is 6.15. The Balaban J connectivity index is 1.67. The van der Waals surface area contributed by atoms with Gasteiger partial charge in [0.15, 0.2) is 5.96 Å². The van der Waals surface area contributed by atoms with Crippen LogP contribution in [0.5, 0.6) is 0 Å². The summed E-state index contributed by atoms with van der Waals surface area (Å²) in [7, 11) is 0. The van der Waals surface area contributed by atoms with E-state index in [4.69, 9.17) is 5.73 Å². The van der Waals surface area contributed by atoms with Gasteiger partial charge in [0.2, 0.25) is 5.91 Å². The predicted molar refractivity (Wildman–Crippen MR) is 81.5 cm³/mol. The van der Waals surface area contributed by atoms with Crippen LogP contribution >= 0.6 is 0 Å². The van der Waals surface area contributed by atoms with Crippen LogP contribution in [0.25, 0.3) is 0 Å². The number of carbonyl (C=O) groups excluding carboxylic acids is 1. The minimum absolute atomic E-state index is 0.115. The monoisotopic (exact) mass is 280 g/mol. The number of carbonyl (C=O) groups is 1. The van der Waals surface area contributed by atoms with Crippen LogP contribution in [0.15, 0.2) is 4.99 Å². The molecule has 0 atom stereocenters. The van der Waals surface area contributed by atoms with Gasteiger partial charge in [-0.05, 0) is 25.7 Å². The van der Waals surface area contributed by atoms with Crippen LogP contribution in [0.4, 0.5) is 0 Å². The maximum absolute atomic E-state index is 11.8. The molecule has 5 nitrogen and oxygen atoms in total. The number of likely N-dealkylation sites (tertiary alicyclic amines) is 1. The summed E-state index contributed by atoms with van der Waals surface area (Å²) in [6.07, 6.45) is 10.1. The lowest BCUT2D eigenvalue weighted by Gasteiger charge is -2.21. The van der Waals surface area contributed by atoms with Gasteiger partial charge in [0.25, 0.3) is 0 Å². The van der Waals surface area contributed by atoms with Gasteiger partial charge in [0.1, 0.15) is 0 Å². The van der Waals surface area contributed by atoms with Crippen LogP contribution in [-0.2, 0) is 4.79 Å². The molecule has 20 heavy (non-hydrogen) atoms. The molecular weight excluding hydrogens is 252 g/mol. The Bertz CT molecular complexity index is 329. The molecule has 1 saturated carbocycles. The van der Waals surface area contributed by atoms with Crippen molar-refractivity contribution in [3.05, 3.63) is 0 Å². The van der Waals surface area contributed by atoms with Crippen molar-refractivity contribution in [2.45, 2.75) is 63.8 Å². The van der Waals surface area contributed by atoms with Crippen molar-refractivity contribution in [1.82, 2.24) is 10.2 Å². The molecule has 114 valence electrons. The van der Waals surface area contributed by atoms with Crippen molar-refractivity contribution in [3.63, 3.8) is 0 Å². The van der Waals surface area contributed by atoms with E-state index in [1.807, 2.05) is 0 Å². The molecule has 0 spiro atoms. The summed E-state index contributed by atoms with van der Waals surface area (Å²) in [6, 6.07) is 0.398. The molecule has 0 aromatic heterocycles. The normalized spacial score (nSPS) is 21.8. The third-order valence-electron chi connectivity index (χ3n) is 4.26. The molecule has 1 saturated heterocycles. The van der Waals surface area contributed by atoms with Crippen molar-refractivity contribution < 1.29 is 4.79 Å². The number of aliphatic imine (C=N–C) groups is 1. The molecule has 5 heteroatoms. The number of rotatable bonds is 4. The molecule has 0 aromatic carbocycles. The summed E-state index contributed by atoms with van der Waals surface area (Å²) in [4.78, 5) is 18.3. The van der Waals surface area contributed by atoms with Crippen molar-refractivity contribution in [1.29, 1.82) is 0 Å². The lowest BCUT2D eigenvalue weighted by atomic mass is 10.2. The molecule has 1 amide bonds. The van der Waals surface area contributed by atoms with E-state index in [0.717, 1.165) is 25.9 Å². The van der Waals surface area contributed by atoms with E-state index in [9.17, 15) is 4.79 Å². The van der Waals surface area contributed by atoms with Gasteiger partial charge >= 0.3 is 0 Å². The van der Waals surface area contributed by atoms with Crippen LogP contribution in [0.2, 0.25) is 0 Å². The Morgan fingerprint density at radius 3 is 2.40 bits per heavy atom. The Hall–Kier alpha value is -1.26. The highest BCUT2D eigenvalue weighted by Crippen LogP contribution is 2.17. The summed E-state index contributed by atoms with van der Waals surface area (Å²) >= 11 is 0. The molecule has 3 N–H and O–H groups in total. The fraction of sp³-hybridized carbons (Fsp3) is 0.867. The standard InChI is InChI=1S/C15H28N4O/c16-15(19-11-5-1-2-6-12-19)17-10-9-14(20)18-13-7-3-4-8-13/h13H,1-12H2,(H2,16,17)(H,18,20). The smallest absolute Gasteiger partial charge is 0.222 e. The Morgan fingerprint density at radius 1 is 1.10 bits per heavy atom. The zero-order valence-corrected chi connectivity index (χ0v) is 12.4. The lowest BCUT2D eigenvalue weighted by Crippen LogP contribution is -2.38. The maximum atomic E-state index is 11.8. The second kappa shape index (κ2) is 8.12. The summed E-state index contributed by atoms with van der Waals surface area (Å²) in [6.45, 7) is 2.51. The summed E-state index contributed by atoms with van der Waals surface area (Å²) in [5, 5.41) is 3.08. The second-order valence-corrected chi connectivity index (χ2v) is 5.94. The number of guanidine groups is 1. The molecule has 2 rings (SSSR count). The van der Waals surface area contributed by atoms with Crippen molar-refractivity contribution in [2.24, 2.45) is 10.7 Å². The van der Waals surface area contributed by atoms with Crippen LogP contribution in [0.1, 0.15) is 57.8 Å². The van der Waals surface area contributed by atoms with E-state index in [1.165, 1.54) is 38.5 Å².